The number of piperazine rings is 1. The number of rotatable bonds is 1. The van der Waals surface area contributed by atoms with E-state index in [1.807, 2.05) is 39.0 Å². The van der Waals surface area contributed by atoms with Crippen molar-refractivity contribution in [2.24, 2.45) is 0 Å². The number of carbonyl (C=O) groups excluding carboxylic acids is 1. The number of ether oxygens (including phenoxy) is 1. The molecule has 1 aromatic heterocycles. The number of aromatic nitrogens is 1. The van der Waals surface area contributed by atoms with E-state index in [1.165, 1.54) is 0 Å². The number of hydrogen-bond donors (Lipinski definition) is 0. The third kappa shape index (κ3) is 4.12. The van der Waals surface area contributed by atoms with E-state index in [1.54, 1.807) is 4.90 Å². The van der Waals surface area contributed by atoms with E-state index in [4.69, 9.17) is 4.74 Å². The Kier molecular flexibility index (Phi) is 4.55. The summed E-state index contributed by atoms with van der Waals surface area (Å²) in [5, 5.41) is 0. The van der Waals surface area contributed by atoms with Crippen molar-refractivity contribution in [2.45, 2.75) is 26.4 Å². The van der Waals surface area contributed by atoms with Gasteiger partial charge in [0.2, 0.25) is 0 Å². The van der Waals surface area contributed by atoms with Gasteiger partial charge in [-0.2, -0.15) is 0 Å². The van der Waals surface area contributed by atoms with Crippen molar-refractivity contribution in [3.8, 4) is 0 Å². The predicted molar refractivity (Wildman–Crippen MR) is 81.0 cm³/mol. The van der Waals surface area contributed by atoms with Gasteiger partial charge < -0.3 is 0 Å². The van der Waals surface area contributed by atoms with Gasteiger partial charge in [0.1, 0.15) is 0 Å². The van der Waals surface area contributed by atoms with Crippen LogP contribution >= 0.6 is 0 Å². The SMILES string of the molecule is CC(C)(C)OC(=O)N1CCN(c2cccc([SeH])n2)CC1. The molecule has 1 aromatic rings. The summed E-state index contributed by atoms with van der Waals surface area (Å²) >= 11 is 2.45. The first kappa shape index (κ1) is 15.1. The van der Waals surface area contributed by atoms with Crippen LogP contribution in [0.5, 0.6) is 0 Å². The van der Waals surface area contributed by atoms with E-state index in [0.717, 1.165) is 23.5 Å². The van der Waals surface area contributed by atoms with Gasteiger partial charge in [-0.25, -0.2) is 0 Å². The molecule has 2 rings (SSSR count). The van der Waals surface area contributed by atoms with Gasteiger partial charge in [-0.05, 0) is 0 Å². The number of anilines is 1. The second-order valence-electron chi connectivity index (χ2n) is 5.81. The molecule has 6 heteroatoms. The molecule has 2 heterocycles. The van der Waals surface area contributed by atoms with Crippen LogP contribution in [0.15, 0.2) is 18.2 Å². The van der Waals surface area contributed by atoms with Gasteiger partial charge in [-0.15, -0.1) is 0 Å². The Morgan fingerprint density at radius 1 is 1.25 bits per heavy atom. The topological polar surface area (TPSA) is 45.7 Å². The number of pyridine rings is 1. The molecule has 1 aliphatic heterocycles. The molecule has 20 heavy (non-hydrogen) atoms. The Labute approximate surface area is 128 Å². The van der Waals surface area contributed by atoms with Crippen LogP contribution in [-0.2, 0) is 4.74 Å². The van der Waals surface area contributed by atoms with Crippen LogP contribution in [-0.4, -0.2) is 63.8 Å². The molecule has 5 nitrogen and oxygen atoms in total. The van der Waals surface area contributed by atoms with Gasteiger partial charge in [-0.3, -0.25) is 0 Å². The van der Waals surface area contributed by atoms with Crippen LogP contribution in [0.2, 0.25) is 0 Å². The van der Waals surface area contributed by atoms with Crippen LogP contribution in [0.3, 0.4) is 0 Å². The van der Waals surface area contributed by atoms with E-state index < -0.39 is 5.60 Å². The van der Waals surface area contributed by atoms with Crippen LogP contribution in [0.1, 0.15) is 20.8 Å². The fourth-order valence-corrected chi connectivity index (χ4v) is 2.43. The Balaban J connectivity index is 1.91. The molecule has 0 unspecified atom stereocenters. The maximum atomic E-state index is 12.0. The predicted octanol–water partition coefficient (Wildman–Crippen LogP) is 0.665. The van der Waals surface area contributed by atoms with Gasteiger partial charge in [0.25, 0.3) is 0 Å². The Morgan fingerprint density at radius 3 is 2.45 bits per heavy atom. The Hall–Kier alpha value is -1.26. The van der Waals surface area contributed by atoms with Crippen molar-refractivity contribution < 1.29 is 9.53 Å². The van der Waals surface area contributed by atoms with Crippen LogP contribution in [0.4, 0.5) is 10.6 Å². The molecule has 1 aliphatic rings. The molecule has 1 saturated heterocycles. The zero-order valence-corrected chi connectivity index (χ0v) is 14.0. The Bertz CT molecular complexity index is 480. The molecule has 0 atom stereocenters. The van der Waals surface area contributed by atoms with E-state index in [9.17, 15) is 4.79 Å². The standard InChI is InChI=1S/C14H21N3O2Se/c1-14(2,3)19-13(18)17-9-7-16(8-10-17)11-5-4-6-12(20)15-11/h4-6H,7-10H2,1-3H3,(H,15,20). The minimum absolute atomic E-state index is 0.231. The van der Waals surface area contributed by atoms with Crippen molar-refractivity contribution >= 4 is 32.5 Å². The summed E-state index contributed by atoms with van der Waals surface area (Å²) in [4.78, 5) is 20.4. The first-order valence-electron chi connectivity index (χ1n) is 6.74. The first-order chi connectivity index (χ1) is 9.35. The minimum atomic E-state index is -0.440. The van der Waals surface area contributed by atoms with E-state index in [0.29, 0.717) is 13.1 Å². The van der Waals surface area contributed by atoms with Crippen molar-refractivity contribution in [2.75, 3.05) is 31.1 Å². The Morgan fingerprint density at radius 2 is 1.90 bits per heavy atom. The van der Waals surface area contributed by atoms with Crippen LogP contribution in [0, 0.1) is 0 Å². The summed E-state index contributed by atoms with van der Waals surface area (Å²) in [6.07, 6.45) is -0.231. The third-order valence-electron chi connectivity index (χ3n) is 2.98. The summed E-state index contributed by atoms with van der Waals surface area (Å²) in [5.41, 5.74) is -0.440. The average Bonchev–Trinajstić information content (AvgIpc) is 2.37. The average molecular weight is 342 g/mol. The molecule has 1 fully saturated rings. The number of amides is 1. The molecular weight excluding hydrogens is 321 g/mol. The molecule has 0 bridgehead atoms. The van der Waals surface area contributed by atoms with E-state index >= 15 is 0 Å². The molecule has 0 radical (unpaired) electrons. The molecule has 110 valence electrons. The molecule has 0 aromatic carbocycles. The molecule has 0 aliphatic carbocycles. The summed E-state index contributed by atoms with van der Waals surface area (Å²) in [6, 6.07) is 5.96. The number of carbonyl (C=O) groups is 1. The van der Waals surface area contributed by atoms with Gasteiger partial charge in [0.15, 0.2) is 0 Å². The number of hydrogen-bond acceptors (Lipinski definition) is 4. The summed E-state index contributed by atoms with van der Waals surface area (Å²) in [7, 11) is 0. The monoisotopic (exact) mass is 343 g/mol. The van der Waals surface area contributed by atoms with Crippen LogP contribution < -0.4 is 9.49 Å². The molecular formula is C14H21N3O2Se. The maximum absolute atomic E-state index is 12.0. The fourth-order valence-electron chi connectivity index (χ4n) is 2.03. The first-order valence-corrected chi connectivity index (χ1v) is 7.68. The fraction of sp³-hybridized carbons (Fsp3) is 0.571. The van der Waals surface area contributed by atoms with Crippen molar-refractivity contribution in [1.29, 1.82) is 0 Å². The van der Waals surface area contributed by atoms with Crippen molar-refractivity contribution in [1.82, 2.24) is 9.88 Å². The van der Waals surface area contributed by atoms with E-state index in [2.05, 4.69) is 25.9 Å². The summed E-state index contributed by atoms with van der Waals surface area (Å²) in [6.45, 7) is 8.55. The van der Waals surface area contributed by atoms with Crippen molar-refractivity contribution in [3.63, 3.8) is 0 Å². The van der Waals surface area contributed by atoms with Gasteiger partial charge >= 0.3 is 128 Å². The second kappa shape index (κ2) is 6.02. The summed E-state index contributed by atoms with van der Waals surface area (Å²) in [5.74, 6) is 0.965. The molecule has 0 saturated carbocycles. The normalized spacial score (nSPS) is 16.2. The van der Waals surface area contributed by atoms with Crippen LogP contribution in [0.25, 0.3) is 0 Å². The zero-order chi connectivity index (χ0) is 14.8. The number of nitrogens with zero attached hydrogens (tertiary/aromatic N) is 3. The van der Waals surface area contributed by atoms with Gasteiger partial charge in [0, 0.05) is 0 Å². The van der Waals surface area contributed by atoms with Gasteiger partial charge in [0.05, 0.1) is 0 Å². The van der Waals surface area contributed by atoms with Crippen molar-refractivity contribution in [3.05, 3.63) is 18.2 Å². The second-order valence-corrected chi connectivity index (χ2v) is 6.77. The zero-order valence-electron chi connectivity index (χ0n) is 12.2. The molecule has 0 N–H and O–H groups in total. The summed E-state index contributed by atoms with van der Waals surface area (Å²) < 4.78 is 6.34. The van der Waals surface area contributed by atoms with E-state index in [-0.39, 0.29) is 6.09 Å². The van der Waals surface area contributed by atoms with Gasteiger partial charge in [-0.1, -0.05) is 0 Å². The third-order valence-corrected chi connectivity index (χ3v) is 3.50. The molecule has 1 amide bonds. The quantitative estimate of drug-likeness (QED) is 0.704. The molecule has 0 spiro atoms.